The minimum atomic E-state index is 0.537. The maximum atomic E-state index is 5.74. The van der Waals surface area contributed by atoms with E-state index in [0.717, 1.165) is 23.7 Å². The summed E-state index contributed by atoms with van der Waals surface area (Å²) >= 11 is 0. The molecule has 5 heterocycles. The molecule has 1 spiro atoms. The topological polar surface area (TPSA) is 35.1 Å². The molecule has 0 saturated heterocycles. The van der Waals surface area contributed by atoms with Crippen LogP contribution in [0, 0.1) is 29.1 Å². The third-order valence-corrected chi connectivity index (χ3v) is 20.1. The molecule has 322 valence electrons. The molecule has 8 aliphatic carbocycles. The Morgan fingerprint density at radius 1 is 0.448 bits per heavy atom. The Hall–Kier alpha value is -6.52. The van der Waals surface area contributed by atoms with Gasteiger partial charge < -0.3 is 8.97 Å². The van der Waals surface area contributed by atoms with Gasteiger partial charge in [-0.1, -0.05) is 109 Å². The Morgan fingerprint density at radius 3 is 1.82 bits per heavy atom. The molecular formula is C63H50N4. The number of benzene rings is 6. The second kappa shape index (κ2) is 12.1. The molecule has 11 aromatic rings. The number of aromatic nitrogens is 4. The minimum Gasteiger partial charge on any atom is -0.307 e. The molecule has 0 radical (unpaired) electrons. The highest BCUT2D eigenvalue weighted by molar-refractivity contribution is 6.36. The first kappa shape index (κ1) is 35.6. The van der Waals surface area contributed by atoms with E-state index in [4.69, 9.17) is 9.97 Å². The summed E-state index contributed by atoms with van der Waals surface area (Å²) in [7, 11) is 0. The Labute approximate surface area is 389 Å². The lowest BCUT2D eigenvalue weighted by Gasteiger charge is -2.48. The first-order valence-corrected chi connectivity index (χ1v) is 25.8. The van der Waals surface area contributed by atoms with E-state index < -0.39 is 0 Å². The first-order valence-electron chi connectivity index (χ1n) is 25.8. The SMILES string of the molecule is c1ccc(-c2cccc(-c3ccccc3)c2-n2c3cccc4cccc(c5cc6c7c8c(ncc7n7c9cnc%10c(c9c(c52)c67)C2CC5CC6CC%10CC65C2)C2CC5CC(C2)CC8C5)c43)cc1. The van der Waals surface area contributed by atoms with Gasteiger partial charge in [-0.3, -0.25) is 9.97 Å². The fourth-order valence-corrected chi connectivity index (χ4v) is 18.0. The number of rotatable bonds is 3. The Bertz CT molecular complexity index is 3930. The van der Waals surface area contributed by atoms with Gasteiger partial charge in [0.25, 0.3) is 0 Å². The molecule has 4 heteroatoms. The number of hydrogen-bond donors (Lipinski definition) is 0. The smallest absolute Gasteiger partial charge is 0.0729 e. The molecule has 5 saturated carbocycles. The molecule has 5 fully saturated rings. The van der Waals surface area contributed by atoms with Crippen LogP contribution in [0.1, 0.15) is 110 Å². The molecule has 7 unspecified atom stereocenters. The van der Waals surface area contributed by atoms with Crippen molar-refractivity contribution in [2.45, 2.75) is 87.9 Å². The molecule has 5 aromatic heterocycles. The van der Waals surface area contributed by atoms with E-state index in [1.54, 1.807) is 11.1 Å². The summed E-state index contributed by atoms with van der Waals surface area (Å²) in [5, 5.41) is 11.2. The highest BCUT2D eigenvalue weighted by Crippen LogP contribution is 2.76. The van der Waals surface area contributed by atoms with Crippen molar-refractivity contribution in [3.8, 4) is 27.9 Å². The van der Waals surface area contributed by atoms with Gasteiger partial charge in [-0.2, -0.15) is 0 Å². The van der Waals surface area contributed by atoms with Crippen LogP contribution in [0.2, 0.25) is 0 Å². The highest BCUT2D eigenvalue weighted by Gasteiger charge is 2.66. The zero-order chi connectivity index (χ0) is 43.0. The largest absolute Gasteiger partial charge is 0.307 e. The van der Waals surface area contributed by atoms with Crippen molar-refractivity contribution in [3.63, 3.8) is 0 Å². The van der Waals surface area contributed by atoms with Gasteiger partial charge in [-0.15, -0.1) is 0 Å². The molecule has 8 aliphatic rings. The van der Waals surface area contributed by atoms with Crippen molar-refractivity contribution in [3.05, 3.63) is 156 Å². The predicted octanol–water partition coefficient (Wildman–Crippen LogP) is 16.0. The van der Waals surface area contributed by atoms with E-state index in [1.807, 2.05) is 0 Å². The van der Waals surface area contributed by atoms with Crippen molar-refractivity contribution < 1.29 is 0 Å². The van der Waals surface area contributed by atoms with Gasteiger partial charge in [0.15, 0.2) is 0 Å². The normalized spacial score (nSPS) is 28.7. The molecule has 4 nitrogen and oxygen atoms in total. The highest BCUT2D eigenvalue weighted by atomic mass is 15.0. The lowest BCUT2D eigenvalue weighted by atomic mass is 9.56. The van der Waals surface area contributed by atoms with Crippen molar-refractivity contribution >= 4 is 70.7 Å². The van der Waals surface area contributed by atoms with Crippen LogP contribution in [0.5, 0.6) is 0 Å². The Morgan fingerprint density at radius 2 is 1.07 bits per heavy atom. The van der Waals surface area contributed by atoms with Crippen LogP contribution in [0.4, 0.5) is 0 Å². The quantitative estimate of drug-likeness (QED) is 0.131. The first-order chi connectivity index (χ1) is 33.2. The summed E-state index contributed by atoms with van der Waals surface area (Å²) in [5.74, 6) is 5.70. The molecule has 67 heavy (non-hydrogen) atoms. The Balaban J connectivity index is 1.11. The van der Waals surface area contributed by atoms with E-state index >= 15 is 0 Å². The van der Waals surface area contributed by atoms with Crippen molar-refractivity contribution in [1.29, 1.82) is 0 Å². The van der Waals surface area contributed by atoms with E-state index in [1.165, 1.54) is 174 Å². The van der Waals surface area contributed by atoms with Crippen molar-refractivity contribution in [2.75, 3.05) is 0 Å². The van der Waals surface area contributed by atoms with E-state index in [0.29, 0.717) is 29.1 Å². The maximum absolute atomic E-state index is 5.74. The number of nitrogens with zero attached hydrogens (tertiary/aromatic N) is 4. The zero-order valence-corrected chi connectivity index (χ0v) is 37.7. The predicted molar refractivity (Wildman–Crippen MR) is 273 cm³/mol. The lowest BCUT2D eigenvalue weighted by molar-refractivity contribution is 0.00321. The van der Waals surface area contributed by atoms with E-state index in [2.05, 4.69) is 143 Å². The molecular weight excluding hydrogens is 813 g/mol. The van der Waals surface area contributed by atoms with E-state index in [9.17, 15) is 0 Å². The van der Waals surface area contributed by atoms with Gasteiger partial charge in [0.05, 0.1) is 45.7 Å². The summed E-state index contributed by atoms with van der Waals surface area (Å²) in [6, 6.07) is 46.2. The summed E-state index contributed by atoms with van der Waals surface area (Å²) in [5.41, 5.74) is 19.4. The molecule has 19 rings (SSSR count). The summed E-state index contributed by atoms with van der Waals surface area (Å²) < 4.78 is 5.48. The fraction of sp³-hybridized carbons (Fsp3) is 0.302. The van der Waals surface area contributed by atoms with E-state index in [-0.39, 0.29) is 0 Å². The van der Waals surface area contributed by atoms with Gasteiger partial charge in [0, 0.05) is 66.7 Å². The molecule has 6 aromatic carbocycles. The third-order valence-electron chi connectivity index (χ3n) is 20.1. The number of para-hydroxylation sites is 1. The third kappa shape index (κ3) is 4.23. The van der Waals surface area contributed by atoms with Crippen LogP contribution in [0.3, 0.4) is 0 Å². The minimum absolute atomic E-state index is 0.537. The second-order valence-electron chi connectivity index (χ2n) is 22.9. The van der Waals surface area contributed by atoms with Crippen LogP contribution in [0.15, 0.2) is 134 Å². The fourth-order valence-electron chi connectivity index (χ4n) is 18.0. The van der Waals surface area contributed by atoms with Crippen molar-refractivity contribution in [2.24, 2.45) is 29.1 Å². The molecule has 0 aliphatic heterocycles. The maximum Gasteiger partial charge on any atom is 0.0729 e. The van der Waals surface area contributed by atoms with Crippen LogP contribution in [-0.4, -0.2) is 18.9 Å². The summed E-state index contributed by atoms with van der Waals surface area (Å²) in [4.78, 5) is 11.4. The van der Waals surface area contributed by atoms with Crippen LogP contribution in [0.25, 0.3) is 98.6 Å². The van der Waals surface area contributed by atoms with Crippen LogP contribution in [-0.2, 0) is 0 Å². The van der Waals surface area contributed by atoms with Gasteiger partial charge in [0.1, 0.15) is 0 Å². The van der Waals surface area contributed by atoms with Crippen LogP contribution >= 0.6 is 0 Å². The number of pyridine rings is 3. The van der Waals surface area contributed by atoms with Gasteiger partial charge >= 0.3 is 0 Å². The molecule has 7 atom stereocenters. The molecule has 7 bridgehead atoms. The average Bonchev–Trinajstić information content (AvgIpc) is 4.01. The van der Waals surface area contributed by atoms with Crippen molar-refractivity contribution in [1.82, 2.24) is 18.9 Å². The summed E-state index contributed by atoms with van der Waals surface area (Å²) in [6.45, 7) is 0. The monoisotopic (exact) mass is 862 g/mol. The number of hydrogen-bond acceptors (Lipinski definition) is 2. The van der Waals surface area contributed by atoms with Gasteiger partial charge in [-0.05, 0) is 150 Å². The average molecular weight is 863 g/mol. The van der Waals surface area contributed by atoms with Crippen LogP contribution < -0.4 is 0 Å². The molecule has 0 amide bonds. The number of fused-ring (bicyclic) bond motifs is 15. The van der Waals surface area contributed by atoms with Gasteiger partial charge in [0.2, 0.25) is 0 Å². The Kier molecular flexibility index (Phi) is 6.45. The van der Waals surface area contributed by atoms with Gasteiger partial charge in [-0.25, -0.2) is 0 Å². The standard InChI is InChI=1S/C63H50N4/c1-3-10-35(11-4-1)44-16-9-17-45(36-12-5-2-6-13-36)60(44)67-49-19-8-15-37-14-7-18-46(52(37)49)47-28-48-55-50(31-64-58-39-23-33-20-34(24-39)22-38(21-33)53(55)58)66-51-32-65-59-41-26-43-27-42-25-40(29-63(42,43)30-41)54(59)56(51)57(61(47)67)62(48)66/h1-19,28,31-34,38-43H,20-27,29-30H2. The summed E-state index contributed by atoms with van der Waals surface area (Å²) in [6.07, 6.45) is 18.2. The second-order valence-corrected chi connectivity index (χ2v) is 22.9. The molecule has 0 N–H and O–H groups in total. The zero-order valence-electron chi connectivity index (χ0n) is 37.7. The lowest BCUT2D eigenvalue weighted by Crippen LogP contribution is -2.41.